The fourth-order valence-corrected chi connectivity index (χ4v) is 4.78. The molecule has 5 heterocycles. The zero-order chi connectivity index (χ0) is 22.9. The molecular formula is C23H26N8OS. The number of rotatable bonds is 5. The normalized spacial score (nSPS) is 15.4. The van der Waals surface area contributed by atoms with Gasteiger partial charge in [0.05, 0.1) is 23.3 Å². The Morgan fingerprint density at radius 3 is 2.73 bits per heavy atom. The molecule has 33 heavy (non-hydrogen) atoms. The van der Waals surface area contributed by atoms with Crippen LogP contribution in [0.15, 0.2) is 36.8 Å². The fraction of sp³-hybridized carbons (Fsp3) is 0.391. The van der Waals surface area contributed by atoms with Crippen LogP contribution in [-0.4, -0.2) is 59.9 Å². The van der Waals surface area contributed by atoms with Gasteiger partial charge in [-0.3, -0.25) is 9.48 Å². The number of pyridine rings is 2. The smallest absolute Gasteiger partial charge is 0.260 e. The number of hydrogen-bond donors (Lipinski definition) is 1. The summed E-state index contributed by atoms with van der Waals surface area (Å²) in [6.07, 6.45) is 7.24. The molecule has 10 heteroatoms. The first kappa shape index (κ1) is 21.6. The highest BCUT2D eigenvalue weighted by Crippen LogP contribution is 2.25. The summed E-state index contributed by atoms with van der Waals surface area (Å²) in [5, 5.41) is 18.1. The number of piperidine rings is 1. The zero-order valence-electron chi connectivity index (χ0n) is 18.9. The molecule has 0 spiro atoms. The van der Waals surface area contributed by atoms with Crippen molar-refractivity contribution >= 4 is 34.0 Å². The minimum atomic E-state index is -0.233. The molecule has 0 bridgehead atoms. The van der Waals surface area contributed by atoms with E-state index in [9.17, 15) is 4.79 Å². The number of amides is 1. The van der Waals surface area contributed by atoms with Gasteiger partial charge in [-0.15, -0.1) is 10.2 Å². The Bertz CT molecular complexity index is 1290. The first-order chi connectivity index (χ1) is 16.0. The Labute approximate surface area is 195 Å². The van der Waals surface area contributed by atoms with E-state index in [1.165, 1.54) is 11.3 Å². The summed E-state index contributed by atoms with van der Waals surface area (Å²) in [6, 6.07) is 6.51. The van der Waals surface area contributed by atoms with Crippen LogP contribution >= 0.6 is 11.3 Å². The number of hydrogen-bond acceptors (Lipinski definition) is 8. The van der Waals surface area contributed by atoms with E-state index in [1.807, 2.05) is 29.9 Å². The van der Waals surface area contributed by atoms with Crippen LogP contribution in [0.25, 0.3) is 21.6 Å². The molecular weight excluding hydrogens is 436 g/mol. The summed E-state index contributed by atoms with van der Waals surface area (Å²) in [6.45, 7) is 8.47. The van der Waals surface area contributed by atoms with Gasteiger partial charge in [0.25, 0.3) is 5.91 Å². The van der Waals surface area contributed by atoms with E-state index in [4.69, 9.17) is 0 Å². The molecule has 0 saturated carbocycles. The van der Waals surface area contributed by atoms with Gasteiger partial charge in [0.1, 0.15) is 16.5 Å². The van der Waals surface area contributed by atoms with Crippen molar-refractivity contribution in [2.24, 2.45) is 0 Å². The van der Waals surface area contributed by atoms with Crippen LogP contribution in [0.5, 0.6) is 0 Å². The van der Waals surface area contributed by atoms with Gasteiger partial charge in [0.15, 0.2) is 5.01 Å². The lowest BCUT2D eigenvalue weighted by molar-refractivity contribution is 0.102. The summed E-state index contributed by atoms with van der Waals surface area (Å²) in [7, 11) is 0. The lowest BCUT2D eigenvalue weighted by Crippen LogP contribution is -2.39. The first-order valence-electron chi connectivity index (χ1n) is 11.1. The van der Waals surface area contributed by atoms with E-state index in [1.54, 1.807) is 18.5 Å². The Hall–Kier alpha value is -3.24. The van der Waals surface area contributed by atoms with Crippen molar-refractivity contribution in [3.05, 3.63) is 47.4 Å². The molecule has 1 N–H and O–H groups in total. The minimum Gasteiger partial charge on any atom is -0.306 e. The number of carbonyl (C=O) groups is 1. The third-order valence-corrected chi connectivity index (χ3v) is 6.89. The quantitative estimate of drug-likeness (QED) is 0.479. The summed E-state index contributed by atoms with van der Waals surface area (Å²) in [4.78, 5) is 24.4. The van der Waals surface area contributed by atoms with E-state index in [-0.39, 0.29) is 5.91 Å². The lowest BCUT2D eigenvalue weighted by atomic mass is 10.0. The molecule has 0 aliphatic carbocycles. The fourth-order valence-electron chi connectivity index (χ4n) is 4.11. The molecule has 0 radical (unpaired) electrons. The average molecular weight is 463 g/mol. The van der Waals surface area contributed by atoms with Crippen LogP contribution in [0.4, 0.5) is 5.82 Å². The molecule has 9 nitrogen and oxygen atoms in total. The Morgan fingerprint density at radius 1 is 1.18 bits per heavy atom. The Kier molecular flexibility index (Phi) is 5.86. The molecule has 1 amide bonds. The van der Waals surface area contributed by atoms with Gasteiger partial charge >= 0.3 is 0 Å². The summed E-state index contributed by atoms with van der Waals surface area (Å²) in [5.41, 5.74) is 2.01. The first-order valence-corrected chi connectivity index (χ1v) is 11.9. The third kappa shape index (κ3) is 4.62. The van der Waals surface area contributed by atoms with E-state index >= 15 is 0 Å². The number of anilines is 1. The van der Waals surface area contributed by atoms with Crippen LogP contribution in [0.3, 0.4) is 0 Å². The van der Waals surface area contributed by atoms with Gasteiger partial charge in [-0.25, -0.2) is 9.97 Å². The third-order valence-electron chi connectivity index (χ3n) is 6.03. The number of fused-ring (bicyclic) bond motifs is 1. The van der Waals surface area contributed by atoms with Gasteiger partial charge in [-0.05, 0) is 45.7 Å². The number of nitrogens with zero attached hydrogens (tertiary/aromatic N) is 7. The van der Waals surface area contributed by atoms with Gasteiger partial charge in [-0.1, -0.05) is 11.3 Å². The summed E-state index contributed by atoms with van der Waals surface area (Å²) in [5.74, 6) is 0.215. The molecule has 5 rings (SSSR count). The molecule has 170 valence electrons. The van der Waals surface area contributed by atoms with Crippen molar-refractivity contribution in [2.45, 2.75) is 45.7 Å². The van der Waals surface area contributed by atoms with E-state index in [2.05, 4.69) is 49.3 Å². The average Bonchev–Trinajstić information content (AvgIpc) is 3.48. The SMILES string of the molecule is Cc1nnc(-c2ccc3cnc(NC(=O)c4cnn(C5CCN(C(C)C)CC5)c4)cc3n2)s1. The van der Waals surface area contributed by atoms with Crippen molar-refractivity contribution in [3.8, 4) is 10.7 Å². The molecule has 1 aliphatic heterocycles. The second-order valence-corrected chi connectivity index (χ2v) is 9.79. The van der Waals surface area contributed by atoms with E-state index in [0.717, 1.165) is 52.5 Å². The highest BCUT2D eigenvalue weighted by Gasteiger charge is 2.23. The number of nitrogens with one attached hydrogen (secondary N) is 1. The highest BCUT2D eigenvalue weighted by atomic mass is 32.1. The molecule has 0 unspecified atom stereocenters. The van der Waals surface area contributed by atoms with Gasteiger partial charge < -0.3 is 10.2 Å². The number of carbonyl (C=O) groups excluding carboxylic acids is 1. The van der Waals surface area contributed by atoms with E-state index < -0.39 is 0 Å². The van der Waals surface area contributed by atoms with Crippen molar-refractivity contribution in [3.63, 3.8) is 0 Å². The van der Waals surface area contributed by atoms with Crippen molar-refractivity contribution in [1.82, 2.24) is 34.8 Å². The van der Waals surface area contributed by atoms with Crippen LogP contribution in [0.2, 0.25) is 0 Å². The summed E-state index contributed by atoms with van der Waals surface area (Å²) < 4.78 is 1.93. The minimum absolute atomic E-state index is 0.233. The largest absolute Gasteiger partial charge is 0.306 e. The van der Waals surface area contributed by atoms with Crippen molar-refractivity contribution in [1.29, 1.82) is 0 Å². The van der Waals surface area contributed by atoms with Crippen molar-refractivity contribution < 1.29 is 4.79 Å². The predicted molar refractivity (Wildman–Crippen MR) is 128 cm³/mol. The van der Waals surface area contributed by atoms with Gasteiger partial charge in [0.2, 0.25) is 0 Å². The monoisotopic (exact) mass is 462 g/mol. The van der Waals surface area contributed by atoms with Crippen LogP contribution in [0.1, 0.15) is 48.1 Å². The van der Waals surface area contributed by atoms with Crippen molar-refractivity contribution in [2.75, 3.05) is 18.4 Å². The lowest BCUT2D eigenvalue weighted by Gasteiger charge is -2.34. The summed E-state index contributed by atoms with van der Waals surface area (Å²) >= 11 is 1.49. The number of likely N-dealkylation sites (tertiary alicyclic amines) is 1. The molecule has 4 aromatic heterocycles. The highest BCUT2D eigenvalue weighted by molar-refractivity contribution is 7.14. The Balaban J connectivity index is 1.29. The topological polar surface area (TPSA) is 102 Å². The second-order valence-electron chi connectivity index (χ2n) is 8.61. The Morgan fingerprint density at radius 2 is 2.00 bits per heavy atom. The van der Waals surface area contributed by atoms with Gasteiger partial charge in [0, 0.05) is 43.0 Å². The maximum Gasteiger partial charge on any atom is 0.260 e. The predicted octanol–water partition coefficient (Wildman–Crippen LogP) is 3.95. The standard InChI is InChI=1S/C23H26N8OS/c1-14(2)30-8-6-18(7-9-30)31-13-17(12-25-31)22(32)27-21-10-20-16(11-24-21)4-5-19(26-20)23-29-28-15(3)33-23/h4-5,10-14,18H,6-9H2,1-3H3,(H,24,27,32). The van der Waals surface area contributed by atoms with Crippen LogP contribution in [0, 0.1) is 6.92 Å². The second kappa shape index (κ2) is 8.95. The number of aryl methyl sites for hydroxylation is 1. The van der Waals surface area contributed by atoms with Gasteiger partial charge in [-0.2, -0.15) is 5.10 Å². The molecule has 1 aliphatic rings. The van der Waals surface area contributed by atoms with Crippen LogP contribution < -0.4 is 5.32 Å². The molecule has 0 atom stereocenters. The number of aromatic nitrogens is 6. The molecule has 0 aromatic carbocycles. The van der Waals surface area contributed by atoms with Crippen LogP contribution in [-0.2, 0) is 0 Å². The maximum absolute atomic E-state index is 12.8. The molecule has 1 saturated heterocycles. The maximum atomic E-state index is 12.8. The zero-order valence-corrected chi connectivity index (χ0v) is 19.7. The molecule has 4 aromatic rings. The molecule has 1 fully saturated rings. The van der Waals surface area contributed by atoms with E-state index in [0.29, 0.717) is 23.5 Å².